The van der Waals surface area contributed by atoms with E-state index < -0.39 is 0 Å². The minimum atomic E-state index is -0.316. The molecule has 0 bridgehead atoms. The number of amides is 1. The van der Waals surface area contributed by atoms with Crippen LogP contribution < -0.4 is 16.1 Å². The number of amidine groups is 1. The molecule has 3 N–H and O–H groups in total. The molecule has 1 amide bonds. The van der Waals surface area contributed by atoms with Crippen LogP contribution in [0.4, 0.5) is 5.69 Å². The summed E-state index contributed by atoms with van der Waals surface area (Å²) in [4.78, 5) is 17.4. The lowest BCUT2D eigenvalue weighted by molar-refractivity contribution is 0.0951. The average molecular weight is 508 g/mol. The van der Waals surface area contributed by atoms with Crippen molar-refractivity contribution in [2.75, 3.05) is 5.32 Å². The van der Waals surface area contributed by atoms with Crippen molar-refractivity contribution < 1.29 is 4.79 Å². The molecule has 3 aromatic carbocycles. The van der Waals surface area contributed by atoms with Gasteiger partial charge in [0.2, 0.25) is 0 Å². The maximum Gasteiger partial charge on any atom is 0.251 e. The lowest BCUT2D eigenvalue weighted by atomic mass is 9.95. The van der Waals surface area contributed by atoms with E-state index in [-0.39, 0.29) is 12.2 Å². The lowest BCUT2D eigenvalue weighted by Crippen LogP contribution is -2.40. The zero-order valence-corrected chi connectivity index (χ0v) is 22.6. The second kappa shape index (κ2) is 12.9. The van der Waals surface area contributed by atoms with Gasteiger partial charge in [-0.25, -0.2) is 4.99 Å². The Balaban J connectivity index is 0.00000164. The van der Waals surface area contributed by atoms with Gasteiger partial charge < -0.3 is 10.6 Å². The Morgan fingerprint density at radius 3 is 2.39 bits per heavy atom. The molecule has 0 fully saturated rings. The van der Waals surface area contributed by atoms with Crippen LogP contribution in [0.2, 0.25) is 0 Å². The van der Waals surface area contributed by atoms with Gasteiger partial charge in [0.15, 0.2) is 12.1 Å². The fourth-order valence-electron chi connectivity index (χ4n) is 4.29. The molecule has 0 aliphatic carbocycles. The molecule has 2 heterocycles. The topological polar surface area (TPSA) is 68.8 Å². The van der Waals surface area contributed by atoms with E-state index in [0.717, 1.165) is 34.6 Å². The first-order valence-electron chi connectivity index (χ1n) is 13.4. The quantitative estimate of drug-likeness (QED) is 0.318. The van der Waals surface area contributed by atoms with E-state index in [0.29, 0.717) is 18.0 Å². The summed E-state index contributed by atoms with van der Waals surface area (Å²) in [5, 5.41) is 8.30. The van der Waals surface area contributed by atoms with Crippen molar-refractivity contribution in [1.82, 2.24) is 15.8 Å². The van der Waals surface area contributed by atoms with Gasteiger partial charge >= 0.3 is 0 Å². The van der Waals surface area contributed by atoms with Crippen LogP contribution in [0.25, 0.3) is 5.57 Å². The monoisotopic (exact) mass is 507 g/mol. The number of nitrogens with one attached hydrogen (secondary N) is 3. The van der Waals surface area contributed by atoms with Crippen molar-refractivity contribution in [3.05, 3.63) is 119 Å². The molecule has 0 radical (unpaired) electrons. The maximum absolute atomic E-state index is 12.5. The minimum Gasteiger partial charge on any atom is -0.350 e. The van der Waals surface area contributed by atoms with Crippen molar-refractivity contribution in [3.8, 4) is 0 Å². The molecule has 6 heteroatoms. The number of hydrazine groups is 1. The average Bonchev–Trinajstić information content (AvgIpc) is 3.40. The summed E-state index contributed by atoms with van der Waals surface area (Å²) in [6.45, 7) is 8.97. The van der Waals surface area contributed by atoms with Gasteiger partial charge in [-0.3, -0.25) is 9.80 Å². The van der Waals surface area contributed by atoms with Crippen molar-refractivity contribution in [2.45, 2.75) is 52.9 Å². The van der Waals surface area contributed by atoms with Crippen LogP contribution in [0.3, 0.4) is 0 Å². The van der Waals surface area contributed by atoms with E-state index in [1.807, 2.05) is 85.7 Å². The van der Waals surface area contributed by atoms with Crippen molar-refractivity contribution >= 4 is 23.0 Å². The highest BCUT2D eigenvalue weighted by molar-refractivity contribution is 6.24. The number of fused-ring (bicyclic) bond motifs is 1. The third-order valence-electron chi connectivity index (χ3n) is 6.63. The normalized spacial score (nSPS) is 16.4. The molecule has 0 saturated heterocycles. The van der Waals surface area contributed by atoms with Crippen LogP contribution in [-0.4, -0.2) is 23.0 Å². The highest BCUT2D eigenvalue weighted by atomic mass is 16.1. The lowest BCUT2D eigenvalue weighted by Gasteiger charge is -2.22. The number of carbonyl (C=O) groups is 1. The standard InChI is InChI=1S/C30H31N5O.C2H6/c1-3-21(2)23-11-13-24(14-12-23)27-10-7-19-35-28(27)33-30(34-35)32-26-17-15-25(16-18-26)29(36)31-20-22-8-5-4-6-9-22;1-2/h4-19,21,30,32,34H,3,20H2,1-2H3,(H,31,36);1-2H3. The molecule has 0 aromatic heterocycles. The van der Waals surface area contributed by atoms with Crippen LogP contribution in [0.5, 0.6) is 0 Å². The number of hydrogen-bond acceptors (Lipinski definition) is 5. The Morgan fingerprint density at radius 1 is 1.00 bits per heavy atom. The molecule has 5 rings (SSSR count). The van der Waals surface area contributed by atoms with E-state index in [2.05, 4.69) is 60.2 Å². The van der Waals surface area contributed by atoms with Crippen LogP contribution in [0.15, 0.2) is 102 Å². The molecule has 2 atom stereocenters. The first-order valence-corrected chi connectivity index (χ1v) is 13.4. The maximum atomic E-state index is 12.5. The van der Waals surface area contributed by atoms with Crippen LogP contribution in [0.1, 0.15) is 67.1 Å². The van der Waals surface area contributed by atoms with Gasteiger partial charge in [0.1, 0.15) is 0 Å². The number of nitrogens with zero attached hydrogens (tertiary/aromatic N) is 2. The van der Waals surface area contributed by atoms with Gasteiger partial charge in [-0.15, -0.1) is 0 Å². The summed E-state index contributed by atoms with van der Waals surface area (Å²) in [6, 6.07) is 26.1. The fraction of sp³-hybridized carbons (Fsp3) is 0.250. The summed E-state index contributed by atoms with van der Waals surface area (Å²) >= 11 is 0. The Hall–Kier alpha value is -4.16. The van der Waals surface area contributed by atoms with Crippen molar-refractivity contribution in [3.63, 3.8) is 0 Å². The highest BCUT2D eigenvalue weighted by Gasteiger charge is 2.27. The van der Waals surface area contributed by atoms with Gasteiger partial charge in [0.05, 0.1) is 0 Å². The van der Waals surface area contributed by atoms with Crippen LogP contribution in [0, 0.1) is 0 Å². The Bertz CT molecular complexity index is 1290. The zero-order valence-electron chi connectivity index (χ0n) is 22.6. The Labute approximate surface area is 226 Å². The summed E-state index contributed by atoms with van der Waals surface area (Å²) in [7, 11) is 0. The molecule has 6 nitrogen and oxygen atoms in total. The predicted octanol–water partition coefficient (Wildman–Crippen LogP) is 6.68. The molecule has 196 valence electrons. The number of rotatable bonds is 8. The molecule has 2 aliphatic heterocycles. The van der Waals surface area contributed by atoms with E-state index >= 15 is 0 Å². The van der Waals surface area contributed by atoms with E-state index in [1.165, 1.54) is 5.56 Å². The van der Waals surface area contributed by atoms with Crippen molar-refractivity contribution in [2.24, 2.45) is 4.99 Å². The second-order valence-electron chi connectivity index (χ2n) is 9.10. The number of aliphatic imine (C=N–C) groups is 1. The van der Waals surface area contributed by atoms with Gasteiger partial charge in [-0.05, 0) is 65.4 Å². The molecule has 0 spiro atoms. The largest absolute Gasteiger partial charge is 0.350 e. The third kappa shape index (κ3) is 6.39. The van der Waals surface area contributed by atoms with Gasteiger partial charge in [-0.2, -0.15) is 5.43 Å². The first kappa shape index (κ1) is 26.9. The molecular formula is C32H37N5O. The number of carbonyl (C=O) groups excluding carboxylic acids is 1. The fourth-order valence-corrected chi connectivity index (χ4v) is 4.29. The highest BCUT2D eigenvalue weighted by Crippen LogP contribution is 2.27. The zero-order chi connectivity index (χ0) is 26.9. The summed E-state index contributed by atoms with van der Waals surface area (Å²) in [6.07, 6.45) is 6.90. The number of anilines is 1. The Kier molecular flexibility index (Phi) is 9.11. The first-order chi connectivity index (χ1) is 18.6. The molecule has 2 aliphatic rings. The Morgan fingerprint density at radius 2 is 1.71 bits per heavy atom. The van der Waals surface area contributed by atoms with E-state index in [4.69, 9.17) is 4.99 Å². The number of allylic oxidation sites excluding steroid dienone is 2. The number of benzene rings is 3. The predicted molar refractivity (Wildman–Crippen MR) is 157 cm³/mol. The summed E-state index contributed by atoms with van der Waals surface area (Å²) in [5.41, 5.74) is 9.51. The van der Waals surface area contributed by atoms with Gasteiger partial charge in [0.25, 0.3) is 5.91 Å². The van der Waals surface area contributed by atoms with Gasteiger partial charge in [0, 0.05) is 29.6 Å². The SMILES string of the molecule is CC.CCC(C)c1ccc(C2=CC=CN3NC(Nc4ccc(C(=O)NCc5ccccc5)cc4)N=C23)cc1. The second-order valence-corrected chi connectivity index (χ2v) is 9.10. The van der Waals surface area contributed by atoms with E-state index in [1.54, 1.807) is 0 Å². The summed E-state index contributed by atoms with van der Waals surface area (Å²) < 4.78 is 0. The van der Waals surface area contributed by atoms with Gasteiger partial charge in [-0.1, -0.05) is 82.3 Å². The smallest absolute Gasteiger partial charge is 0.251 e. The summed E-state index contributed by atoms with van der Waals surface area (Å²) in [5.74, 6) is 1.33. The molecular weight excluding hydrogens is 470 g/mol. The third-order valence-corrected chi connectivity index (χ3v) is 6.63. The van der Waals surface area contributed by atoms with E-state index in [9.17, 15) is 4.79 Å². The molecule has 0 saturated carbocycles. The number of hydrogen-bond donors (Lipinski definition) is 3. The van der Waals surface area contributed by atoms with Crippen LogP contribution >= 0.6 is 0 Å². The minimum absolute atomic E-state index is 0.0963. The molecule has 3 aromatic rings. The van der Waals surface area contributed by atoms with Crippen LogP contribution in [-0.2, 0) is 6.54 Å². The molecule has 2 unspecified atom stereocenters. The molecule has 38 heavy (non-hydrogen) atoms. The van der Waals surface area contributed by atoms with Crippen molar-refractivity contribution in [1.29, 1.82) is 0 Å².